The Balaban J connectivity index is 1.68. The second-order valence-corrected chi connectivity index (χ2v) is 10.1. The molecule has 1 fully saturated rings. The molecule has 0 spiro atoms. The molecular weight excluding hydrogens is 528 g/mol. The van der Waals surface area contributed by atoms with Gasteiger partial charge in [0.15, 0.2) is 5.13 Å². The van der Waals surface area contributed by atoms with Crippen LogP contribution in [0.25, 0.3) is 16.0 Å². The van der Waals surface area contributed by atoms with E-state index in [1.54, 1.807) is 24.3 Å². The summed E-state index contributed by atoms with van der Waals surface area (Å²) in [6, 6.07) is 19.2. The Morgan fingerprint density at radius 3 is 2.49 bits per heavy atom. The number of anilines is 1. The summed E-state index contributed by atoms with van der Waals surface area (Å²) < 4.78 is 7.26. The van der Waals surface area contributed by atoms with E-state index in [0.717, 1.165) is 20.3 Å². The molecule has 1 N–H and O–H groups in total. The van der Waals surface area contributed by atoms with Gasteiger partial charge in [-0.25, -0.2) is 4.98 Å². The van der Waals surface area contributed by atoms with Gasteiger partial charge in [-0.3, -0.25) is 14.5 Å². The van der Waals surface area contributed by atoms with E-state index >= 15 is 0 Å². The summed E-state index contributed by atoms with van der Waals surface area (Å²) in [5.41, 5.74) is 2.97. The van der Waals surface area contributed by atoms with Gasteiger partial charge in [-0.05, 0) is 73.5 Å². The first-order valence-corrected chi connectivity index (χ1v) is 12.6. The van der Waals surface area contributed by atoms with Crippen molar-refractivity contribution in [2.75, 3.05) is 11.5 Å². The van der Waals surface area contributed by atoms with Gasteiger partial charge in [-0.15, -0.1) is 0 Å². The molecule has 176 valence electrons. The molecule has 0 unspecified atom stereocenters. The van der Waals surface area contributed by atoms with E-state index in [-0.39, 0.29) is 11.3 Å². The zero-order chi connectivity index (χ0) is 24.7. The highest BCUT2D eigenvalue weighted by molar-refractivity contribution is 9.10. The largest absolute Gasteiger partial charge is 0.507 e. The number of aliphatic hydroxyl groups is 1. The average molecular weight is 549 g/mol. The number of Topliss-reactive ketones (excluding diaryl/α,β-unsaturated/α-hetero) is 1. The first-order valence-electron chi connectivity index (χ1n) is 11.0. The molecule has 1 aliphatic rings. The third-order valence-electron chi connectivity index (χ3n) is 5.81. The summed E-state index contributed by atoms with van der Waals surface area (Å²) in [6.07, 6.45) is 0. The third kappa shape index (κ3) is 4.24. The SMILES string of the molecule is CCOc1ccc(/C(O)=C2\C(=O)C(=O)N(c3nc4ccc(C)cc4s3)[C@H]2c2ccc(Br)cc2)cc1. The van der Waals surface area contributed by atoms with E-state index in [4.69, 9.17) is 4.74 Å². The fourth-order valence-electron chi connectivity index (χ4n) is 4.14. The van der Waals surface area contributed by atoms with Gasteiger partial charge in [-0.2, -0.15) is 0 Å². The maximum atomic E-state index is 13.4. The number of aliphatic hydroxyl groups excluding tert-OH is 1. The van der Waals surface area contributed by atoms with Gasteiger partial charge in [0.2, 0.25) is 0 Å². The number of amides is 1. The summed E-state index contributed by atoms with van der Waals surface area (Å²) in [7, 11) is 0. The fourth-order valence-corrected chi connectivity index (χ4v) is 5.50. The Kier molecular flexibility index (Phi) is 6.17. The maximum Gasteiger partial charge on any atom is 0.301 e. The lowest BCUT2D eigenvalue weighted by molar-refractivity contribution is -0.132. The highest BCUT2D eigenvalue weighted by Crippen LogP contribution is 2.44. The number of aromatic nitrogens is 1. The summed E-state index contributed by atoms with van der Waals surface area (Å²) in [5.74, 6) is -1.06. The number of aryl methyl sites for hydroxylation is 1. The Morgan fingerprint density at radius 1 is 1.09 bits per heavy atom. The number of thiazole rings is 1. The number of rotatable bonds is 5. The number of hydrogen-bond donors (Lipinski definition) is 1. The van der Waals surface area contributed by atoms with Crippen LogP contribution in [0, 0.1) is 6.92 Å². The van der Waals surface area contributed by atoms with Gasteiger partial charge < -0.3 is 9.84 Å². The number of ketones is 1. The van der Waals surface area contributed by atoms with E-state index in [0.29, 0.717) is 28.6 Å². The second kappa shape index (κ2) is 9.28. The fraction of sp³-hybridized carbons (Fsp3) is 0.148. The van der Waals surface area contributed by atoms with Crippen molar-refractivity contribution in [2.45, 2.75) is 19.9 Å². The zero-order valence-corrected chi connectivity index (χ0v) is 21.4. The van der Waals surface area contributed by atoms with Crippen LogP contribution in [0.5, 0.6) is 5.75 Å². The number of fused-ring (bicyclic) bond motifs is 1. The van der Waals surface area contributed by atoms with Crippen LogP contribution < -0.4 is 9.64 Å². The lowest BCUT2D eigenvalue weighted by Crippen LogP contribution is -2.29. The van der Waals surface area contributed by atoms with Crippen LogP contribution in [0.1, 0.15) is 29.7 Å². The number of benzene rings is 3. The van der Waals surface area contributed by atoms with Gasteiger partial charge >= 0.3 is 5.91 Å². The number of halogens is 1. The molecule has 8 heteroatoms. The minimum atomic E-state index is -0.823. The Labute approximate surface area is 214 Å². The molecule has 5 rings (SSSR count). The lowest BCUT2D eigenvalue weighted by Gasteiger charge is -2.23. The van der Waals surface area contributed by atoms with Crippen LogP contribution in [-0.4, -0.2) is 28.4 Å². The molecule has 0 saturated carbocycles. The van der Waals surface area contributed by atoms with Crippen LogP contribution in [0.2, 0.25) is 0 Å². The summed E-state index contributed by atoms with van der Waals surface area (Å²) in [5, 5.41) is 11.7. The van der Waals surface area contributed by atoms with E-state index < -0.39 is 17.7 Å². The molecule has 1 aliphatic heterocycles. The van der Waals surface area contributed by atoms with Crippen molar-refractivity contribution < 1.29 is 19.4 Å². The molecule has 1 atom stereocenters. The van der Waals surface area contributed by atoms with Crippen LogP contribution in [-0.2, 0) is 9.59 Å². The first kappa shape index (κ1) is 23.3. The molecule has 1 aromatic heterocycles. The molecule has 35 heavy (non-hydrogen) atoms. The number of nitrogens with zero attached hydrogens (tertiary/aromatic N) is 2. The van der Waals surface area contributed by atoms with Crippen LogP contribution in [0.3, 0.4) is 0 Å². The standard InChI is InChI=1S/C27H21BrN2O4S/c1-3-34-19-11-7-17(8-12-19)24(31)22-23(16-5-9-18(28)10-6-16)30(26(33)25(22)32)27-29-20-13-4-15(2)14-21(20)35-27/h4-14,23,31H,3H2,1-2H3/b24-22+/t23-/m0/s1. The normalized spacial score (nSPS) is 17.3. The van der Waals surface area contributed by atoms with Crippen molar-refractivity contribution in [1.29, 1.82) is 0 Å². The van der Waals surface area contributed by atoms with E-state index in [9.17, 15) is 14.7 Å². The van der Waals surface area contributed by atoms with Crippen molar-refractivity contribution in [3.8, 4) is 5.75 Å². The Bertz CT molecular complexity index is 1480. The van der Waals surface area contributed by atoms with Crippen LogP contribution in [0.4, 0.5) is 5.13 Å². The average Bonchev–Trinajstić information content (AvgIpc) is 3.37. The van der Waals surface area contributed by atoms with Crippen LogP contribution >= 0.6 is 27.3 Å². The number of ether oxygens (including phenoxy) is 1. The van der Waals surface area contributed by atoms with Gasteiger partial charge in [0.05, 0.1) is 28.4 Å². The number of hydrogen-bond acceptors (Lipinski definition) is 6. The molecule has 4 aromatic rings. The maximum absolute atomic E-state index is 13.4. The molecule has 0 aliphatic carbocycles. The van der Waals surface area contributed by atoms with Crippen molar-refractivity contribution in [3.05, 3.63) is 93.5 Å². The minimum Gasteiger partial charge on any atom is -0.507 e. The Hall–Kier alpha value is -3.49. The van der Waals surface area contributed by atoms with Crippen molar-refractivity contribution in [2.24, 2.45) is 0 Å². The summed E-state index contributed by atoms with van der Waals surface area (Å²) in [4.78, 5) is 32.7. The second-order valence-electron chi connectivity index (χ2n) is 8.15. The van der Waals surface area contributed by atoms with Crippen molar-refractivity contribution in [3.63, 3.8) is 0 Å². The molecule has 3 aromatic carbocycles. The minimum absolute atomic E-state index is 0.0249. The molecule has 1 saturated heterocycles. The predicted molar refractivity (Wildman–Crippen MR) is 141 cm³/mol. The number of carbonyl (C=O) groups is 2. The van der Waals surface area contributed by atoms with Gasteiger partial charge in [0, 0.05) is 10.0 Å². The lowest BCUT2D eigenvalue weighted by atomic mass is 9.95. The van der Waals surface area contributed by atoms with Crippen LogP contribution in [0.15, 0.2) is 76.8 Å². The Morgan fingerprint density at radius 2 is 1.80 bits per heavy atom. The van der Waals surface area contributed by atoms with Gasteiger partial charge in [-0.1, -0.05) is 45.5 Å². The van der Waals surface area contributed by atoms with Gasteiger partial charge in [0.1, 0.15) is 11.5 Å². The first-order chi connectivity index (χ1) is 16.9. The predicted octanol–water partition coefficient (Wildman–Crippen LogP) is 6.39. The van der Waals surface area contributed by atoms with E-state index in [1.807, 2.05) is 56.3 Å². The summed E-state index contributed by atoms with van der Waals surface area (Å²) in [6.45, 7) is 4.39. The van der Waals surface area contributed by atoms with Gasteiger partial charge in [0.25, 0.3) is 5.78 Å². The van der Waals surface area contributed by atoms with E-state index in [2.05, 4.69) is 20.9 Å². The van der Waals surface area contributed by atoms with E-state index in [1.165, 1.54) is 16.2 Å². The molecule has 0 bridgehead atoms. The highest BCUT2D eigenvalue weighted by atomic mass is 79.9. The molecule has 1 amide bonds. The topological polar surface area (TPSA) is 79.7 Å². The monoisotopic (exact) mass is 548 g/mol. The number of carbonyl (C=O) groups excluding carboxylic acids is 2. The third-order valence-corrected chi connectivity index (χ3v) is 7.35. The zero-order valence-electron chi connectivity index (χ0n) is 19.0. The van der Waals surface area contributed by atoms with Crippen molar-refractivity contribution in [1.82, 2.24) is 4.98 Å². The summed E-state index contributed by atoms with van der Waals surface area (Å²) >= 11 is 4.78. The molecule has 0 radical (unpaired) electrons. The quantitative estimate of drug-likeness (QED) is 0.177. The smallest absolute Gasteiger partial charge is 0.301 e. The molecule has 2 heterocycles. The van der Waals surface area contributed by atoms with Crippen molar-refractivity contribution >= 4 is 60.1 Å². The molecule has 6 nitrogen and oxygen atoms in total. The molecular formula is C27H21BrN2O4S. The highest BCUT2D eigenvalue weighted by Gasteiger charge is 2.48.